The minimum absolute atomic E-state index is 0.290. The van der Waals surface area contributed by atoms with Crippen LogP contribution in [0.5, 0.6) is 0 Å². The van der Waals surface area contributed by atoms with Gasteiger partial charge in [-0.25, -0.2) is 4.39 Å². The highest BCUT2D eigenvalue weighted by Crippen LogP contribution is 2.19. The topological polar surface area (TPSA) is 24.1 Å². The molecule has 0 aliphatic carbocycles. The molecular weight excluding hydrogens is 295 g/mol. The Morgan fingerprint density at radius 1 is 1.20 bits per heavy atom. The number of halogens is 2. The van der Waals surface area contributed by atoms with Gasteiger partial charge >= 0.3 is 0 Å². The van der Waals surface area contributed by atoms with Gasteiger partial charge in [0.15, 0.2) is 5.11 Å². The summed E-state index contributed by atoms with van der Waals surface area (Å²) in [4.78, 5) is 0. The maximum atomic E-state index is 13.6. The summed E-state index contributed by atoms with van der Waals surface area (Å²) in [5, 5.41) is 6.52. The number of nitrogens with one attached hydrogen (secondary N) is 2. The highest BCUT2D eigenvalue weighted by molar-refractivity contribution is 7.80. The van der Waals surface area contributed by atoms with Crippen molar-refractivity contribution in [3.05, 3.63) is 58.9 Å². The van der Waals surface area contributed by atoms with Crippen molar-refractivity contribution in [2.24, 2.45) is 0 Å². The van der Waals surface area contributed by atoms with Gasteiger partial charge in [-0.05, 0) is 54.5 Å². The molecule has 0 aromatic heterocycles. The Kier molecular flexibility index (Phi) is 4.93. The minimum Gasteiger partial charge on any atom is -0.332 e. The van der Waals surface area contributed by atoms with E-state index in [9.17, 15) is 4.39 Å². The van der Waals surface area contributed by atoms with Crippen molar-refractivity contribution < 1.29 is 4.39 Å². The lowest BCUT2D eigenvalue weighted by Crippen LogP contribution is -2.19. The molecule has 0 aliphatic heterocycles. The first-order valence-electron chi connectivity index (χ1n) is 6.20. The van der Waals surface area contributed by atoms with Crippen molar-refractivity contribution >= 4 is 40.3 Å². The molecule has 20 heavy (non-hydrogen) atoms. The highest BCUT2D eigenvalue weighted by Gasteiger charge is 2.05. The van der Waals surface area contributed by atoms with Crippen molar-refractivity contribution in [3.8, 4) is 0 Å². The van der Waals surface area contributed by atoms with E-state index >= 15 is 0 Å². The summed E-state index contributed by atoms with van der Waals surface area (Å²) < 4.78 is 13.6. The van der Waals surface area contributed by atoms with Gasteiger partial charge in [0.1, 0.15) is 5.82 Å². The van der Waals surface area contributed by atoms with E-state index in [0.717, 1.165) is 12.1 Å². The molecule has 0 spiro atoms. The van der Waals surface area contributed by atoms with Gasteiger partial charge in [0.05, 0.1) is 5.69 Å². The molecule has 0 radical (unpaired) electrons. The van der Waals surface area contributed by atoms with E-state index in [1.54, 1.807) is 12.1 Å². The number of thiocarbonyl (C=S) groups is 1. The number of hydrogen-bond acceptors (Lipinski definition) is 1. The van der Waals surface area contributed by atoms with Crippen LogP contribution in [0, 0.1) is 5.82 Å². The third-order valence-corrected chi connectivity index (χ3v) is 3.21. The molecule has 2 aromatic carbocycles. The summed E-state index contributed by atoms with van der Waals surface area (Å²) in [6, 6.07) is 12.3. The average molecular weight is 309 g/mol. The van der Waals surface area contributed by atoms with E-state index < -0.39 is 5.82 Å². The molecule has 0 heterocycles. The van der Waals surface area contributed by atoms with Gasteiger partial charge in [0.2, 0.25) is 0 Å². The van der Waals surface area contributed by atoms with Crippen LogP contribution in [0.1, 0.15) is 12.5 Å². The summed E-state index contributed by atoms with van der Waals surface area (Å²) in [6.45, 7) is 2.08. The summed E-state index contributed by atoms with van der Waals surface area (Å²) >= 11 is 10.9. The van der Waals surface area contributed by atoms with Gasteiger partial charge in [-0.3, -0.25) is 0 Å². The number of anilines is 2. The molecule has 0 unspecified atom stereocenters. The largest absolute Gasteiger partial charge is 0.332 e. The van der Waals surface area contributed by atoms with Crippen molar-refractivity contribution in [1.29, 1.82) is 0 Å². The molecule has 0 saturated heterocycles. The molecule has 2 rings (SSSR count). The molecule has 2 nitrogen and oxygen atoms in total. The van der Waals surface area contributed by atoms with Gasteiger partial charge in [-0.1, -0.05) is 30.7 Å². The van der Waals surface area contributed by atoms with Crippen LogP contribution in [-0.4, -0.2) is 5.11 Å². The third-order valence-electron chi connectivity index (χ3n) is 2.77. The lowest BCUT2D eigenvalue weighted by Gasteiger charge is -2.12. The smallest absolute Gasteiger partial charge is 0.175 e. The van der Waals surface area contributed by atoms with Crippen LogP contribution in [0.3, 0.4) is 0 Å². The van der Waals surface area contributed by atoms with Crippen LogP contribution in [0.15, 0.2) is 42.5 Å². The molecule has 0 fully saturated rings. The van der Waals surface area contributed by atoms with Gasteiger partial charge in [-0.2, -0.15) is 0 Å². The lowest BCUT2D eigenvalue weighted by molar-refractivity contribution is 0.632. The first kappa shape index (κ1) is 14.8. The number of rotatable bonds is 3. The van der Waals surface area contributed by atoms with Gasteiger partial charge in [0, 0.05) is 10.7 Å². The fourth-order valence-electron chi connectivity index (χ4n) is 1.74. The molecule has 2 N–H and O–H groups in total. The summed E-state index contributed by atoms with van der Waals surface area (Å²) in [7, 11) is 0. The molecule has 5 heteroatoms. The SMILES string of the molecule is CCc1cccc(NC(=S)Nc2ccc(Cl)cc2F)c1. The van der Waals surface area contributed by atoms with Crippen molar-refractivity contribution in [1.82, 2.24) is 0 Å². The zero-order valence-electron chi connectivity index (χ0n) is 10.9. The first-order chi connectivity index (χ1) is 9.58. The van der Waals surface area contributed by atoms with Gasteiger partial charge < -0.3 is 10.6 Å². The Morgan fingerprint density at radius 3 is 2.70 bits per heavy atom. The maximum absolute atomic E-state index is 13.6. The predicted molar refractivity (Wildman–Crippen MR) is 87.1 cm³/mol. The normalized spacial score (nSPS) is 10.2. The second-order valence-electron chi connectivity index (χ2n) is 4.26. The van der Waals surface area contributed by atoms with Crippen molar-refractivity contribution in [3.63, 3.8) is 0 Å². The monoisotopic (exact) mass is 308 g/mol. The molecule has 104 valence electrons. The molecule has 0 atom stereocenters. The third kappa shape index (κ3) is 3.92. The quantitative estimate of drug-likeness (QED) is 0.793. The van der Waals surface area contributed by atoms with E-state index in [-0.39, 0.29) is 0 Å². The van der Waals surface area contributed by atoms with Crippen LogP contribution in [0.2, 0.25) is 5.02 Å². The number of aryl methyl sites for hydroxylation is 1. The Hall–Kier alpha value is -1.65. The average Bonchev–Trinajstić information content (AvgIpc) is 2.42. The summed E-state index contributed by atoms with van der Waals surface area (Å²) in [5.41, 5.74) is 2.37. The van der Waals surface area contributed by atoms with Gasteiger partial charge in [-0.15, -0.1) is 0 Å². The second kappa shape index (κ2) is 6.68. The van der Waals surface area contributed by atoms with Crippen molar-refractivity contribution in [2.75, 3.05) is 10.6 Å². The van der Waals surface area contributed by atoms with Crippen molar-refractivity contribution in [2.45, 2.75) is 13.3 Å². The van der Waals surface area contributed by atoms with E-state index in [2.05, 4.69) is 17.6 Å². The van der Waals surface area contributed by atoms with E-state index in [0.29, 0.717) is 15.8 Å². The Bertz CT molecular complexity index is 631. The van der Waals surface area contributed by atoms with Crippen LogP contribution >= 0.6 is 23.8 Å². The number of hydrogen-bond donors (Lipinski definition) is 2. The Morgan fingerprint density at radius 2 is 2.00 bits per heavy atom. The summed E-state index contributed by atoms with van der Waals surface area (Å²) in [5.74, 6) is -0.441. The van der Waals surface area contributed by atoms with Gasteiger partial charge in [0.25, 0.3) is 0 Å². The molecule has 2 aromatic rings. The zero-order valence-corrected chi connectivity index (χ0v) is 12.5. The highest BCUT2D eigenvalue weighted by atomic mass is 35.5. The molecule has 0 aliphatic rings. The Labute approximate surface area is 128 Å². The predicted octanol–water partition coefficient (Wildman–Crippen LogP) is 4.85. The standard InChI is InChI=1S/C15H14ClFN2S/c1-2-10-4-3-5-12(8-10)18-15(20)19-14-7-6-11(16)9-13(14)17/h3-9H,2H2,1H3,(H2,18,19,20). The van der Waals surface area contributed by atoms with Crippen LogP contribution < -0.4 is 10.6 Å². The number of benzene rings is 2. The van der Waals surface area contributed by atoms with E-state index in [1.807, 2.05) is 24.3 Å². The lowest BCUT2D eigenvalue weighted by atomic mass is 10.1. The molecule has 0 bridgehead atoms. The minimum atomic E-state index is -0.441. The molecule has 0 saturated carbocycles. The van der Waals surface area contributed by atoms with Crippen LogP contribution in [0.25, 0.3) is 0 Å². The van der Waals surface area contributed by atoms with Crippen LogP contribution in [-0.2, 0) is 6.42 Å². The second-order valence-corrected chi connectivity index (χ2v) is 5.10. The molecular formula is C15H14ClFN2S. The fraction of sp³-hybridized carbons (Fsp3) is 0.133. The van der Waals surface area contributed by atoms with E-state index in [4.69, 9.17) is 23.8 Å². The zero-order chi connectivity index (χ0) is 14.5. The maximum Gasteiger partial charge on any atom is 0.175 e. The first-order valence-corrected chi connectivity index (χ1v) is 6.99. The van der Waals surface area contributed by atoms with Crippen LogP contribution in [0.4, 0.5) is 15.8 Å². The van der Waals surface area contributed by atoms with E-state index in [1.165, 1.54) is 11.6 Å². The molecule has 0 amide bonds. The fourth-order valence-corrected chi connectivity index (χ4v) is 2.13. The Balaban J connectivity index is 2.05. The summed E-state index contributed by atoms with van der Waals surface area (Å²) in [6.07, 6.45) is 0.946.